The highest BCUT2D eigenvalue weighted by Gasteiger charge is 2.47. The van der Waals surface area contributed by atoms with Gasteiger partial charge in [0.1, 0.15) is 12.6 Å². The van der Waals surface area contributed by atoms with Crippen LogP contribution in [0.3, 0.4) is 0 Å². The summed E-state index contributed by atoms with van der Waals surface area (Å²) in [6.07, 6.45) is -4.97. The lowest BCUT2D eigenvalue weighted by Crippen LogP contribution is -2.57. The van der Waals surface area contributed by atoms with Crippen molar-refractivity contribution in [3.05, 3.63) is 59.7 Å². The zero-order valence-corrected chi connectivity index (χ0v) is 18.9. The molecule has 2 aromatic carbocycles. The second-order valence-electron chi connectivity index (χ2n) is 7.63. The van der Waals surface area contributed by atoms with Crippen molar-refractivity contribution >= 4 is 29.7 Å². The molecule has 0 fully saturated rings. The van der Waals surface area contributed by atoms with Crippen molar-refractivity contribution in [1.82, 2.24) is 10.6 Å². The molecule has 182 valence electrons. The highest BCUT2D eigenvalue weighted by atomic mass is 32.2. The Labute approximate surface area is 198 Å². The van der Waals surface area contributed by atoms with Crippen molar-refractivity contribution in [2.45, 2.75) is 30.6 Å². The molecule has 0 saturated carbocycles. The lowest BCUT2D eigenvalue weighted by Gasteiger charge is -2.23. The van der Waals surface area contributed by atoms with E-state index in [0.717, 1.165) is 22.3 Å². The van der Waals surface area contributed by atoms with Crippen molar-refractivity contribution in [2.24, 2.45) is 0 Å². The molecule has 1 unspecified atom stereocenters. The summed E-state index contributed by atoms with van der Waals surface area (Å²) in [7, 11) is 0. The van der Waals surface area contributed by atoms with E-state index < -0.39 is 36.2 Å². The minimum absolute atomic E-state index is 0.0717. The van der Waals surface area contributed by atoms with Crippen LogP contribution >= 0.6 is 11.8 Å². The number of rotatable bonds is 9. The minimum Gasteiger partial charge on any atom is -0.480 e. The number of thioether (sulfide) groups is 1. The Hall–Kier alpha value is -3.21. The van der Waals surface area contributed by atoms with Crippen LogP contribution in [0.5, 0.6) is 0 Å². The van der Waals surface area contributed by atoms with Gasteiger partial charge in [-0.15, -0.1) is 0 Å². The SMILES string of the molecule is CSCC[C@H](NC(=O)C(NC(=O)OCC1c2ccccc2-c2ccccc21)C(F)(F)F)C(=O)O. The summed E-state index contributed by atoms with van der Waals surface area (Å²) >= 11 is 1.28. The van der Waals surface area contributed by atoms with Gasteiger partial charge in [0.15, 0.2) is 0 Å². The summed E-state index contributed by atoms with van der Waals surface area (Å²) in [6.45, 7) is -0.239. The number of ether oxygens (including phenoxy) is 1. The van der Waals surface area contributed by atoms with E-state index in [1.165, 1.54) is 17.1 Å². The first-order valence-corrected chi connectivity index (χ1v) is 11.7. The third-order valence-corrected chi connectivity index (χ3v) is 6.06. The number of halogens is 3. The monoisotopic (exact) mass is 496 g/mol. The van der Waals surface area contributed by atoms with E-state index in [9.17, 15) is 27.6 Å². The van der Waals surface area contributed by atoms with Gasteiger partial charge in [0, 0.05) is 5.92 Å². The molecule has 1 aliphatic rings. The Bertz CT molecular complexity index is 1020. The fraction of sp³-hybridized carbons (Fsp3) is 0.348. The molecule has 2 atom stereocenters. The molecule has 0 aromatic heterocycles. The Morgan fingerprint density at radius 1 is 1.03 bits per heavy atom. The lowest BCUT2D eigenvalue weighted by molar-refractivity contribution is -0.169. The Kier molecular flexibility index (Phi) is 8.08. The lowest BCUT2D eigenvalue weighted by atomic mass is 9.98. The van der Waals surface area contributed by atoms with Gasteiger partial charge in [-0.05, 0) is 40.7 Å². The molecule has 34 heavy (non-hydrogen) atoms. The van der Waals surface area contributed by atoms with E-state index in [1.54, 1.807) is 6.26 Å². The molecule has 11 heteroatoms. The zero-order valence-electron chi connectivity index (χ0n) is 18.1. The number of carboxylic acids is 1. The van der Waals surface area contributed by atoms with Crippen molar-refractivity contribution < 1.29 is 37.4 Å². The van der Waals surface area contributed by atoms with Crippen molar-refractivity contribution in [1.29, 1.82) is 0 Å². The largest absolute Gasteiger partial charge is 0.480 e. The zero-order chi connectivity index (χ0) is 24.9. The number of carbonyl (C=O) groups is 3. The highest BCUT2D eigenvalue weighted by Crippen LogP contribution is 2.44. The van der Waals surface area contributed by atoms with Crippen LogP contribution in [0, 0.1) is 0 Å². The van der Waals surface area contributed by atoms with Crippen LogP contribution in [0.15, 0.2) is 48.5 Å². The second kappa shape index (κ2) is 10.8. The van der Waals surface area contributed by atoms with E-state index >= 15 is 0 Å². The topological polar surface area (TPSA) is 105 Å². The average Bonchev–Trinajstić information content (AvgIpc) is 3.11. The molecular weight excluding hydrogens is 473 g/mol. The van der Waals surface area contributed by atoms with Crippen LogP contribution in [0.1, 0.15) is 23.5 Å². The number of alkyl halides is 3. The number of carbonyl (C=O) groups excluding carboxylic acids is 2. The maximum atomic E-state index is 13.5. The Morgan fingerprint density at radius 2 is 1.59 bits per heavy atom. The summed E-state index contributed by atoms with van der Waals surface area (Å²) < 4.78 is 45.5. The van der Waals surface area contributed by atoms with E-state index in [1.807, 2.05) is 53.8 Å². The van der Waals surface area contributed by atoms with Crippen molar-refractivity contribution in [3.63, 3.8) is 0 Å². The third-order valence-electron chi connectivity index (χ3n) is 5.42. The van der Waals surface area contributed by atoms with Gasteiger partial charge in [-0.3, -0.25) is 4.79 Å². The second-order valence-corrected chi connectivity index (χ2v) is 8.61. The molecule has 0 radical (unpaired) electrons. The normalized spacial score (nSPS) is 14.5. The summed E-state index contributed by atoms with van der Waals surface area (Å²) in [6, 6.07) is 10.4. The van der Waals surface area contributed by atoms with Gasteiger partial charge in [0.2, 0.25) is 6.04 Å². The number of hydrogen-bond donors (Lipinski definition) is 3. The maximum absolute atomic E-state index is 13.5. The van der Waals surface area contributed by atoms with Crippen LogP contribution in [0.25, 0.3) is 11.1 Å². The molecule has 7 nitrogen and oxygen atoms in total. The molecule has 0 spiro atoms. The summed E-state index contributed by atoms with van der Waals surface area (Å²) in [4.78, 5) is 35.7. The molecule has 3 rings (SSSR count). The van der Waals surface area contributed by atoms with E-state index in [4.69, 9.17) is 9.84 Å². The molecule has 1 aliphatic carbocycles. The van der Waals surface area contributed by atoms with E-state index in [2.05, 4.69) is 0 Å². The van der Waals surface area contributed by atoms with Crippen molar-refractivity contribution in [3.8, 4) is 11.1 Å². The van der Waals surface area contributed by atoms with Crippen LogP contribution in [-0.4, -0.2) is 60.0 Å². The molecule has 0 bridgehead atoms. The molecule has 3 N–H and O–H groups in total. The van der Waals surface area contributed by atoms with Crippen LogP contribution < -0.4 is 10.6 Å². The summed E-state index contributed by atoms with van der Waals surface area (Å²) in [5.41, 5.74) is 3.65. The molecule has 2 aromatic rings. The minimum atomic E-state index is -5.15. The van der Waals surface area contributed by atoms with Gasteiger partial charge in [-0.2, -0.15) is 24.9 Å². The van der Waals surface area contributed by atoms with Gasteiger partial charge in [0.05, 0.1) is 0 Å². The summed E-state index contributed by atoms with van der Waals surface area (Å²) in [5, 5.41) is 12.5. The van der Waals surface area contributed by atoms with Crippen LogP contribution in [-0.2, 0) is 14.3 Å². The fourth-order valence-electron chi connectivity index (χ4n) is 3.80. The number of amides is 2. The molecular formula is C23H23F3N2O5S. The predicted molar refractivity (Wildman–Crippen MR) is 121 cm³/mol. The first-order valence-electron chi connectivity index (χ1n) is 10.3. The number of aliphatic carboxylic acids is 1. The molecule has 2 amide bonds. The maximum Gasteiger partial charge on any atom is 0.417 e. The van der Waals surface area contributed by atoms with E-state index in [0.29, 0.717) is 5.75 Å². The first kappa shape index (κ1) is 25.4. The van der Waals surface area contributed by atoms with Gasteiger partial charge >= 0.3 is 18.2 Å². The average molecular weight is 497 g/mol. The number of alkyl carbamates (subject to hydrolysis) is 1. The highest BCUT2D eigenvalue weighted by molar-refractivity contribution is 7.98. The number of carboxylic acid groups (broad SMARTS) is 1. The molecule has 0 aliphatic heterocycles. The molecule has 0 saturated heterocycles. The quantitative estimate of drug-likeness (QED) is 0.488. The fourth-order valence-corrected chi connectivity index (χ4v) is 4.27. The van der Waals surface area contributed by atoms with Gasteiger partial charge in [-0.25, -0.2) is 9.59 Å². The standard InChI is InChI=1S/C23H23F3N2O5S/c1-34-11-10-18(21(30)31)27-20(29)19(23(24,25)26)28-22(32)33-12-17-15-8-4-2-6-13(15)14-7-3-5-9-16(14)17/h2-9,17-19H,10-12H2,1H3,(H,27,29)(H,28,32)(H,30,31)/t18-,19?/m0/s1. The number of fused-ring (bicyclic) bond motifs is 3. The van der Waals surface area contributed by atoms with E-state index in [-0.39, 0.29) is 18.9 Å². The van der Waals surface area contributed by atoms with Gasteiger partial charge < -0.3 is 20.5 Å². The first-order chi connectivity index (χ1) is 16.1. The van der Waals surface area contributed by atoms with Gasteiger partial charge in [-0.1, -0.05) is 48.5 Å². The van der Waals surface area contributed by atoms with Crippen LogP contribution in [0.2, 0.25) is 0 Å². The Balaban J connectivity index is 1.68. The van der Waals surface area contributed by atoms with Crippen molar-refractivity contribution in [2.75, 3.05) is 18.6 Å². The number of nitrogens with one attached hydrogen (secondary N) is 2. The number of benzene rings is 2. The smallest absolute Gasteiger partial charge is 0.417 e. The van der Waals surface area contributed by atoms with Gasteiger partial charge in [0.25, 0.3) is 5.91 Å². The predicted octanol–water partition coefficient (Wildman–Crippen LogP) is 3.78. The molecule has 0 heterocycles. The van der Waals surface area contributed by atoms with Crippen LogP contribution in [0.4, 0.5) is 18.0 Å². The summed E-state index contributed by atoms with van der Waals surface area (Å²) in [5.74, 6) is -3.20. The number of hydrogen-bond acceptors (Lipinski definition) is 5. The third kappa shape index (κ3) is 5.82. The Morgan fingerprint density at radius 3 is 2.09 bits per heavy atom.